The lowest BCUT2D eigenvalue weighted by Crippen LogP contribution is -2.51. The van der Waals surface area contributed by atoms with Crippen LogP contribution in [0.3, 0.4) is 0 Å². The van der Waals surface area contributed by atoms with E-state index in [1.54, 1.807) is 14.2 Å². The van der Waals surface area contributed by atoms with Crippen molar-refractivity contribution >= 4 is 19.1 Å². The first kappa shape index (κ1) is 25.8. The lowest BCUT2D eigenvalue weighted by molar-refractivity contribution is 0.000279. The summed E-state index contributed by atoms with van der Waals surface area (Å²) in [6.07, 6.45) is 4.53. The highest BCUT2D eigenvalue weighted by molar-refractivity contribution is 6.74. The van der Waals surface area contributed by atoms with Gasteiger partial charge in [0, 0.05) is 10.8 Å². The van der Waals surface area contributed by atoms with Gasteiger partial charge in [-0.25, -0.2) is 0 Å². The van der Waals surface area contributed by atoms with Crippen molar-refractivity contribution in [1.82, 2.24) is 0 Å². The molecule has 0 saturated heterocycles. The molecule has 33 heavy (non-hydrogen) atoms. The van der Waals surface area contributed by atoms with Crippen molar-refractivity contribution in [2.45, 2.75) is 84.5 Å². The minimum Gasteiger partial charge on any atom is -0.496 e. The number of methoxy groups -OCH3 is 2. The summed E-state index contributed by atoms with van der Waals surface area (Å²) in [5.41, 5.74) is 2.78. The Morgan fingerprint density at radius 1 is 1.00 bits per heavy atom. The van der Waals surface area contributed by atoms with E-state index in [0.717, 1.165) is 48.0 Å². The molecular weight excluding hydrogens is 424 g/mol. The second-order valence-electron chi connectivity index (χ2n) is 11.8. The average molecular weight is 469 g/mol. The van der Waals surface area contributed by atoms with Crippen molar-refractivity contribution in [3.63, 3.8) is 0 Å². The molecule has 0 unspecified atom stereocenters. The van der Waals surface area contributed by atoms with Crippen molar-refractivity contribution in [3.8, 4) is 11.5 Å². The second-order valence-corrected chi connectivity index (χ2v) is 16.6. The number of rotatable bonds is 7. The fourth-order valence-electron chi connectivity index (χ4n) is 5.10. The number of benzene rings is 2. The molecular formula is C29H44O3Si. The Labute approximate surface area is 202 Å². The second kappa shape index (κ2) is 9.46. The minimum atomic E-state index is -1.83. The molecule has 4 heteroatoms. The van der Waals surface area contributed by atoms with Crippen LogP contribution < -0.4 is 9.47 Å². The van der Waals surface area contributed by atoms with Gasteiger partial charge in [0.1, 0.15) is 11.5 Å². The van der Waals surface area contributed by atoms with Crippen LogP contribution in [0.4, 0.5) is 0 Å². The van der Waals surface area contributed by atoms with E-state index in [9.17, 15) is 0 Å². The summed E-state index contributed by atoms with van der Waals surface area (Å²) in [4.78, 5) is 0. The monoisotopic (exact) mass is 468 g/mol. The minimum absolute atomic E-state index is 0.0720. The van der Waals surface area contributed by atoms with Crippen LogP contribution in [0.2, 0.25) is 18.1 Å². The number of hydrogen-bond donors (Lipinski definition) is 0. The highest BCUT2D eigenvalue weighted by Crippen LogP contribution is 2.49. The van der Waals surface area contributed by atoms with Crippen LogP contribution in [-0.4, -0.2) is 28.6 Å². The van der Waals surface area contributed by atoms with Gasteiger partial charge in [0.2, 0.25) is 0 Å². The van der Waals surface area contributed by atoms with Gasteiger partial charge in [0.25, 0.3) is 0 Å². The number of aryl methyl sites for hydroxylation is 1. The molecule has 0 N–H and O–H groups in total. The molecule has 2 aromatic carbocycles. The van der Waals surface area contributed by atoms with E-state index >= 15 is 0 Å². The fourth-order valence-corrected chi connectivity index (χ4v) is 6.58. The summed E-state index contributed by atoms with van der Waals surface area (Å²) in [7, 11) is 1.62. The molecule has 0 aromatic heterocycles. The number of fused-ring (bicyclic) bond motifs is 1. The van der Waals surface area contributed by atoms with E-state index in [1.165, 1.54) is 11.1 Å². The first-order chi connectivity index (χ1) is 15.3. The van der Waals surface area contributed by atoms with E-state index in [2.05, 4.69) is 72.5 Å². The number of allylic oxidation sites excluding steroid dienone is 1. The third-order valence-corrected chi connectivity index (χ3v) is 12.8. The molecule has 1 fully saturated rings. The van der Waals surface area contributed by atoms with Crippen molar-refractivity contribution in [3.05, 3.63) is 48.0 Å². The zero-order valence-electron chi connectivity index (χ0n) is 22.3. The van der Waals surface area contributed by atoms with Crippen LogP contribution in [0.5, 0.6) is 11.5 Å². The predicted molar refractivity (Wildman–Crippen MR) is 143 cm³/mol. The van der Waals surface area contributed by atoms with Gasteiger partial charge in [0.05, 0.1) is 20.3 Å². The van der Waals surface area contributed by atoms with Gasteiger partial charge < -0.3 is 13.9 Å². The van der Waals surface area contributed by atoms with E-state index < -0.39 is 8.32 Å². The van der Waals surface area contributed by atoms with E-state index in [4.69, 9.17) is 13.9 Å². The first-order valence-corrected chi connectivity index (χ1v) is 15.2. The molecule has 1 saturated carbocycles. The summed E-state index contributed by atoms with van der Waals surface area (Å²) in [5.74, 6) is 2.21. The Kier molecular flexibility index (Phi) is 7.41. The summed E-state index contributed by atoms with van der Waals surface area (Å²) in [5, 5.41) is 2.42. The molecule has 0 amide bonds. The van der Waals surface area contributed by atoms with Gasteiger partial charge in [0.15, 0.2) is 8.32 Å². The molecule has 1 aliphatic carbocycles. The third-order valence-electron chi connectivity index (χ3n) is 8.35. The topological polar surface area (TPSA) is 27.7 Å². The summed E-state index contributed by atoms with van der Waals surface area (Å²) in [6, 6.07) is 10.6. The summed E-state index contributed by atoms with van der Waals surface area (Å²) >= 11 is 0. The van der Waals surface area contributed by atoms with Gasteiger partial charge in [-0.3, -0.25) is 0 Å². The summed E-state index contributed by atoms with van der Waals surface area (Å²) < 4.78 is 18.2. The molecule has 3 nitrogen and oxygen atoms in total. The molecule has 0 spiro atoms. The summed E-state index contributed by atoms with van der Waals surface area (Å²) in [6.45, 7) is 21.0. The molecule has 0 aliphatic heterocycles. The van der Waals surface area contributed by atoms with Gasteiger partial charge >= 0.3 is 0 Å². The Bertz CT molecular complexity index is 1000. The van der Waals surface area contributed by atoms with Gasteiger partial charge in [-0.1, -0.05) is 58.9 Å². The Hall–Kier alpha value is -1.78. The normalized spacial score (nSPS) is 21.3. The lowest BCUT2D eigenvalue weighted by Gasteiger charge is -2.50. The Balaban J connectivity index is 1.82. The largest absolute Gasteiger partial charge is 0.496 e. The van der Waals surface area contributed by atoms with Gasteiger partial charge in [-0.2, -0.15) is 0 Å². The Morgan fingerprint density at radius 3 is 2.18 bits per heavy atom. The number of ether oxygens (including phenoxy) is 2. The predicted octanol–water partition coefficient (Wildman–Crippen LogP) is 8.17. The highest BCUT2D eigenvalue weighted by Gasteiger charge is 2.47. The first-order valence-electron chi connectivity index (χ1n) is 12.3. The SMILES string of the molecule is C=C1CC[C@H](O[Si](C)(C)C(C)(C)C)C(C)(C)[C@H]1CCc1ccc2c(OC)ccc(OC)c2c1. The molecule has 2 aromatic rings. The average Bonchev–Trinajstić information content (AvgIpc) is 2.73. The van der Waals surface area contributed by atoms with E-state index in [1.807, 2.05) is 12.1 Å². The maximum absolute atomic E-state index is 6.97. The lowest BCUT2D eigenvalue weighted by atomic mass is 9.63. The quantitative estimate of drug-likeness (QED) is 0.303. The van der Waals surface area contributed by atoms with Crippen LogP contribution in [0.15, 0.2) is 42.5 Å². The van der Waals surface area contributed by atoms with Crippen molar-refractivity contribution in [1.29, 1.82) is 0 Å². The van der Waals surface area contributed by atoms with Crippen LogP contribution in [-0.2, 0) is 10.8 Å². The molecule has 0 radical (unpaired) electrons. The third kappa shape index (κ3) is 5.17. The van der Waals surface area contributed by atoms with Crippen LogP contribution in [0.25, 0.3) is 10.8 Å². The van der Waals surface area contributed by atoms with Gasteiger partial charge in [-0.05, 0) is 78.9 Å². The van der Waals surface area contributed by atoms with Crippen LogP contribution in [0, 0.1) is 11.3 Å². The molecule has 182 valence electrons. The van der Waals surface area contributed by atoms with Crippen molar-refractivity contribution < 1.29 is 13.9 Å². The molecule has 2 atom stereocenters. The van der Waals surface area contributed by atoms with Gasteiger partial charge in [-0.15, -0.1) is 0 Å². The smallest absolute Gasteiger partial charge is 0.192 e. The van der Waals surface area contributed by atoms with Crippen LogP contribution >= 0.6 is 0 Å². The Morgan fingerprint density at radius 2 is 1.61 bits per heavy atom. The highest BCUT2D eigenvalue weighted by atomic mass is 28.4. The standard InChI is InChI=1S/C29H44O3Si/c1-20-11-18-27(32-33(9,10)28(2,3)4)29(5,6)24(20)15-13-21-12-14-22-23(19-21)26(31-8)17-16-25(22)30-7/h12,14,16-17,19,24,27H,1,11,13,15,18H2,2-10H3/t24-,27-/m0/s1. The van der Waals surface area contributed by atoms with Crippen molar-refractivity contribution in [2.75, 3.05) is 14.2 Å². The van der Waals surface area contributed by atoms with Crippen molar-refractivity contribution in [2.24, 2.45) is 11.3 Å². The van der Waals surface area contributed by atoms with E-state index in [0.29, 0.717) is 5.92 Å². The zero-order chi connectivity index (χ0) is 24.6. The van der Waals surface area contributed by atoms with E-state index in [-0.39, 0.29) is 16.6 Å². The molecule has 1 aliphatic rings. The maximum atomic E-state index is 6.97. The maximum Gasteiger partial charge on any atom is 0.192 e. The fraction of sp³-hybridized carbons (Fsp3) is 0.586. The molecule has 0 bridgehead atoms. The van der Waals surface area contributed by atoms with Crippen LogP contribution in [0.1, 0.15) is 59.4 Å². The number of hydrogen-bond acceptors (Lipinski definition) is 3. The zero-order valence-corrected chi connectivity index (χ0v) is 23.3. The molecule has 0 heterocycles. The molecule has 3 rings (SSSR count).